The Morgan fingerprint density at radius 3 is 2.84 bits per heavy atom. The third kappa shape index (κ3) is 6.01. The van der Waals surface area contributed by atoms with E-state index in [-0.39, 0.29) is 17.6 Å². The Bertz CT molecular complexity index is 677. The van der Waals surface area contributed by atoms with Crippen molar-refractivity contribution in [2.24, 2.45) is 5.92 Å². The fourth-order valence-electron chi connectivity index (χ4n) is 2.94. The fourth-order valence-corrected chi connectivity index (χ4v) is 5.05. The highest BCUT2D eigenvalue weighted by Crippen LogP contribution is 2.20. The first-order valence-corrected chi connectivity index (χ1v) is 11.6. The minimum absolute atomic E-state index is 0.0208. The summed E-state index contributed by atoms with van der Waals surface area (Å²) in [5.74, 6) is 1.64. The Balaban J connectivity index is 1.70. The SMILES string of the molecule is CCS(=O)(=O)N1CCC[C@H](C(=O)NCCSCc2ccccc2C)C1. The lowest BCUT2D eigenvalue weighted by Gasteiger charge is -2.30. The molecule has 1 aromatic rings. The second-order valence-electron chi connectivity index (χ2n) is 6.37. The van der Waals surface area contributed by atoms with Crippen molar-refractivity contribution in [2.75, 3.05) is 31.1 Å². The van der Waals surface area contributed by atoms with Gasteiger partial charge in [0.2, 0.25) is 15.9 Å². The van der Waals surface area contributed by atoms with Crippen LogP contribution in [0.5, 0.6) is 0 Å². The number of sulfonamides is 1. The highest BCUT2D eigenvalue weighted by molar-refractivity contribution is 7.98. The van der Waals surface area contributed by atoms with Crippen molar-refractivity contribution >= 4 is 27.7 Å². The first-order chi connectivity index (χ1) is 11.9. The molecule has 1 amide bonds. The lowest BCUT2D eigenvalue weighted by Crippen LogP contribution is -2.46. The largest absolute Gasteiger partial charge is 0.355 e. The molecule has 1 fully saturated rings. The van der Waals surface area contributed by atoms with Crippen molar-refractivity contribution in [1.29, 1.82) is 0 Å². The second kappa shape index (κ2) is 9.59. The molecule has 0 aromatic heterocycles. The van der Waals surface area contributed by atoms with Gasteiger partial charge in [-0.25, -0.2) is 12.7 Å². The topological polar surface area (TPSA) is 66.5 Å². The maximum atomic E-state index is 12.3. The van der Waals surface area contributed by atoms with Crippen LogP contribution in [0.25, 0.3) is 0 Å². The van der Waals surface area contributed by atoms with Gasteiger partial charge >= 0.3 is 0 Å². The number of nitrogens with zero attached hydrogens (tertiary/aromatic N) is 1. The van der Waals surface area contributed by atoms with E-state index in [2.05, 4.69) is 24.4 Å². The molecule has 1 aliphatic heterocycles. The van der Waals surface area contributed by atoms with Crippen LogP contribution in [0.3, 0.4) is 0 Å². The standard InChI is InChI=1S/C18H28N2O3S2/c1-3-25(22,23)20-11-6-9-16(13-20)18(21)19-10-12-24-14-17-8-5-4-7-15(17)2/h4-5,7-8,16H,3,6,9-14H2,1-2H3,(H,19,21)/t16-/m0/s1. The Morgan fingerprint density at radius 2 is 2.12 bits per heavy atom. The van der Waals surface area contributed by atoms with E-state index in [0.717, 1.165) is 24.3 Å². The molecule has 5 nitrogen and oxygen atoms in total. The number of carbonyl (C=O) groups is 1. The van der Waals surface area contributed by atoms with Gasteiger partial charge in [0.15, 0.2) is 0 Å². The molecule has 0 aliphatic carbocycles. The molecule has 0 radical (unpaired) electrons. The van der Waals surface area contributed by atoms with Gasteiger partial charge in [0, 0.05) is 31.1 Å². The fraction of sp³-hybridized carbons (Fsp3) is 0.611. The van der Waals surface area contributed by atoms with E-state index in [4.69, 9.17) is 0 Å². The number of amides is 1. The number of carbonyl (C=O) groups excluding carboxylic acids is 1. The third-order valence-corrected chi connectivity index (χ3v) is 7.43. The van der Waals surface area contributed by atoms with Crippen LogP contribution in [0, 0.1) is 12.8 Å². The minimum atomic E-state index is -3.20. The highest BCUT2D eigenvalue weighted by Gasteiger charge is 2.31. The van der Waals surface area contributed by atoms with Gasteiger partial charge in [0.25, 0.3) is 0 Å². The van der Waals surface area contributed by atoms with E-state index in [9.17, 15) is 13.2 Å². The van der Waals surface area contributed by atoms with Gasteiger partial charge in [-0.3, -0.25) is 4.79 Å². The summed E-state index contributed by atoms with van der Waals surface area (Å²) < 4.78 is 25.4. The molecule has 25 heavy (non-hydrogen) atoms. The van der Waals surface area contributed by atoms with Crippen molar-refractivity contribution in [3.05, 3.63) is 35.4 Å². The molecule has 1 heterocycles. The number of hydrogen-bond donors (Lipinski definition) is 1. The van der Waals surface area contributed by atoms with E-state index >= 15 is 0 Å². The number of nitrogens with one attached hydrogen (secondary N) is 1. The Hall–Kier alpha value is -1.05. The van der Waals surface area contributed by atoms with Gasteiger partial charge in [0.05, 0.1) is 11.7 Å². The summed E-state index contributed by atoms with van der Waals surface area (Å²) in [7, 11) is -3.20. The molecular formula is C18H28N2O3S2. The molecule has 0 unspecified atom stereocenters. The van der Waals surface area contributed by atoms with E-state index in [1.807, 2.05) is 12.1 Å². The summed E-state index contributed by atoms with van der Waals surface area (Å²) >= 11 is 1.80. The van der Waals surface area contributed by atoms with Gasteiger partial charge in [-0.15, -0.1) is 0 Å². The zero-order chi connectivity index (χ0) is 18.3. The summed E-state index contributed by atoms with van der Waals surface area (Å²) in [6, 6.07) is 8.32. The van der Waals surface area contributed by atoms with E-state index < -0.39 is 10.0 Å². The van der Waals surface area contributed by atoms with Gasteiger partial charge < -0.3 is 5.32 Å². The van der Waals surface area contributed by atoms with Crippen molar-refractivity contribution in [3.8, 4) is 0 Å². The van der Waals surface area contributed by atoms with Crippen LogP contribution in [-0.4, -0.2) is 49.8 Å². The van der Waals surface area contributed by atoms with E-state index in [1.54, 1.807) is 18.7 Å². The van der Waals surface area contributed by atoms with E-state index in [1.165, 1.54) is 15.4 Å². The molecule has 0 spiro atoms. The van der Waals surface area contributed by atoms with Crippen LogP contribution in [0.4, 0.5) is 0 Å². The first kappa shape index (κ1) is 20.3. The molecule has 2 rings (SSSR count). The summed E-state index contributed by atoms with van der Waals surface area (Å²) in [6.07, 6.45) is 1.51. The number of piperidine rings is 1. The summed E-state index contributed by atoms with van der Waals surface area (Å²) in [4.78, 5) is 12.3. The second-order valence-corrected chi connectivity index (χ2v) is 9.73. The quantitative estimate of drug-likeness (QED) is 0.699. The van der Waals surface area contributed by atoms with Gasteiger partial charge in [0.1, 0.15) is 0 Å². The Labute approximate surface area is 155 Å². The summed E-state index contributed by atoms with van der Waals surface area (Å²) in [5, 5.41) is 2.96. The molecule has 1 N–H and O–H groups in total. The van der Waals surface area contributed by atoms with Crippen molar-refractivity contribution in [3.63, 3.8) is 0 Å². The predicted molar refractivity (Wildman–Crippen MR) is 104 cm³/mol. The molecular weight excluding hydrogens is 356 g/mol. The van der Waals surface area contributed by atoms with Crippen LogP contribution in [0.15, 0.2) is 24.3 Å². The predicted octanol–water partition coefficient (Wildman–Crippen LogP) is 2.41. The molecule has 0 bridgehead atoms. The maximum absolute atomic E-state index is 12.3. The van der Waals surface area contributed by atoms with Gasteiger partial charge in [-0.05, 0) is 37.8 Å². The number of rotatable bonds is 8. The van der Waals surface area contributed by atoms with Crippen LogP contribution < -0.4 is 5.32 Å². The molecule has 140 valence electrons. The molecule has 1 aromatic carbocycles. The zero-order valence-electron chi connectivity index (χ0n) is 15.0. The van der Waals surface area contributed by atoms with Crippen molar-refractivity contribution < 1.29 is 13.2 Å². The number of thioether (sulfide) groups is 1. The van der Waals surface area contributed by atoms with Crippen LogP contribution in [0.2, 0.25) is 0 Å². The molecule has 0 saturated carbocycles. The molecule has 1 aliphatic rings. The van der Waals surface area contributed by atoms with Crippen LogP contribution in [-0.2, 0) is 20.6 Å². The average Bonchev–Trinajstić information content (AvgIpc) is 2.63. The minimum Gasteiger partial charge on any atom is -0.355 e. The number of benzene rings is 1. The normalized spacial score (nSPS) is 18.9. The lowest BCUT2D eigenvalue weighted by atomic mass is 9.99. The third-order valence-electron chi connectivity index (χ3n) is 4.58. The maximum Gasteiger partial charge on any atom is 0.224 e. The van der Waals surface area contributed by atoms with E-state index in [0.29, 0.717) is 19.6 Å². The van der Waals surface area contributed by atoms with Gasteiger partial charge in [-0.1, -0.05) is 24.3 Å². The molecule has 7 heteroatoms. The summed E-state index contributed by atoms with van der Waals surface area (Å²) in [6.45, 7) is 5.22. The Kier molecular flexibility index (Phi) is 7.78. The Morgan fingerprint density at radius 1 is 1.36 bits per heavy atom. The zero-order valence-corrected chi connectivity index (χ0v) is 16.7. The smallest absolute Gasteiger partial charge is 0.224 e. The number of aryl methyl sites for hydroxylation is 1. The van der Waals surface area contributed by atoms with Crippen molar-refractivity contribution in [1.82, 2.24) is 9.62 Å². The first-order valence-electron chi connectivity index (χ1n) is 8.82. The van der Waals surface area contributed by atoms with Crippen molar-refractivity contribution in [2.45, 2.75) is 32.4 Å². The molecule has 1 saturated heterocycles. The lowest BCUT2D eigenvalue weighted by molar-refractivity contribution is -0.125. The summed E-state index contributed by atoms with van der Waals surface area (Å²) in [5.41, 5.74) is 2.62. The average molecular weight is 385 g/mol. The van der Waals surface area contributed by atoms with Crippen LogP contribution in [0.1, 0.15) is 30.9 Å². The van der Waals surface area contributed by atoms with Gasteiger partial charge in [-0.2, -0.15) is 11.8 Å². The van der Waals surface area contributed by atoms with Crippen LogP contribution >= 0.6 is 11.8 Å². The monoisotopic (exact) mass is 384 g/mol. The molecule has 1 atom stereocenters. The number of hydrogen-bond acceptors (Lipinski definition) is 4. The highest BCUT2D eigenvalue weighted by atomic mass is 32.2.